The Morgan fingerprint density at radius 2 is 1.77 bits per heavy atom. The Kier molecular flexibility index (Phi) is 12.3. The van der Waals surface area contributed by atoms with Gasteiger partial charge in [0.1, 0.15) is 5.76 Å². The molecule has 1 aliphatic rings. The number of hydrogen-bond donors (Lipinski definition) is 2. The molecule has 0 aliphatic heterocycles. The van der Waals surface area contributed by atoms with Crippen LogP contribution >= 0.6 is 0 Å². The van der Waals surface area contributed by atoms with Crippen LogP contribution in [0.15, 0.2) is 67.7 Å². The van der Waals surface area contributed by atoms with Crippen molar-refractivity contribution < 1.29 is 14.3 Å². The van der Waals surface area contributed by atoms with E-state index in [0.29, 0.717) is 11.5 Å². The standard InChI is InChI=1S/C23H31FO.C4H7NO/c1-4-5-6-7-19-8-10-21(11-9-19)22-14-12-20(13-15-22)17(2)16-23(24)18(3)25;1-3-4(6)5-2/h12-16,19,21,25H,2-11H2,1H3;3H,1H2,2H3,(H,5,6)/b23-16+;. The molecule has 0 bridgehead atoms. The van der Waals surface area contributed by atoms with Gasteiger partial charge in [0.05, 0.1) is 0 Å². The number of nitrogens with one attached hydrogen (secondary N) is 1. The maximum Gasteiger partial charge on any atom is 0.243 e. The number of likely N-dealkylation sites (N-methyl/N-ethyl adjacent to an activating group) is 1. The van der Waals surface area contributed by atoms with E-state index in [-0.39, 0.29) is 5.91 Å². The highest BCUT2D eigenvalue weighted by molar-refractivity contribution is 5.86. The van der Waals surface area contributed by atoms with Crippen molar-refractivity contribution in [3.63, 3.8) is 0 Å². The minimum absolute atomic E-state index is 0.144. The Hall–Kier alpha value is -2.62. The average molecular weight is 428 g/mol. The number of rotatable bonds is 9. The highest BCUT2D eigenvalue weighted by atomic mass is 19.1. The van der Waals surface area contributed by atoms with E-state index in [9.17, 15) is 9.18 Å². The maximum absolute atomic E-state index is 13.4. The Morgan fingerprint density at radius 1 is 1.16 bits per heavy atom. The SMILES string of the molecule is C=C(O)/C(F)=C\C(=C)c1ccc(C2CCC(CCCCC)CC2)cc1.C=CC(=O)NC. The number of hydrogen-bond acceptors (Lipinski definition) is 2. The van der Waals surface area contributed by atoms with Crippen LogP contribution in [0.2, 0.25) is 0 Å². The lowest BCUT2D eigenvalue weighted by molar-refractivity contribution is -0.116. The second-order valence-electron chi connectivity index (χ2n) is 8.12. The van der Waals surface area contributed by atoms with E-state index < -0.39 is 11.6 Å². The van der Waals surface area contributed by atoms with Crippen molar-refractivity contribution in [1.29, 1.82) is 0 Å². The van der Waals surface area contributed by atoms with E-state index in [0.717, 1.165) is 11.5 Å². The van der Waals surface area contributed by atoms with E-state index in [2.05, 4.69) is 44.1 Å². The van der Waals surface area contributed by atoms with Gasteiger partial charge in [0.25, 0.3) is 0 Å². The molecule has 0 radical (unpaired) electrons. The first-order valence-corrected chi connectivity index (χ1v) is 11.2. The number of carbonyl (C=O) groups excluding carboxylic acids is 1. The van der Waals surface area contributed by atoms with Crippen LogP contribution in [0.3, 0.4) is 0 Å². The largest absolute Gasteiger partial charge is 0.506 e. The summed E-state index contributed by atoms with van der Waals surface area (Å²) in [4.78, 5) is 9.95. The van der Waals surface area contributed by atoms with Gasteiger partial charge in [-0.05, 0) is 66.4 Å². The van der Waals surface area contributed by atoms with Crippen molar-refractivity contribution in [2.45, 2.75) is 64.2 Å². The number of halogens is 1. The second kappa shape index (κ2) is 14.4. The van der Waals surface area contributed by atoms with Crippen LogP contribution in [-0.2, 0) is 4.79 Å². The lowest BCUT2D eigenvalue weighted by atomic mass is 9.77. The summed E-state index contributed by atoms with van der Waals surface area (Å²) in [6.07, 6.45) is 13.1. The van der Waals surface area contributed by atoms with Gasteiger partial charge in [-0.25, -0.2) is 4.39 Å². The zero-order chi connectivity index (χ0) is 23.2. The predicted molar refractivity (Wildman–Crippen MR) is 130 cm³/mol. The van der Waals surface area contributed by atoms with E-state index >= 15 is 0 Å². The van der Waals surface area contributed by atoms with E-state index in [4.69, 9.17) is 5.11 Å². The molecule has 0 spiro atoms. The number of carbonyl (C=O) groups is 1. The van der Waals surface area contributed by atoms with E-state index in [1.54, 1.807) is 7.05 Å². The van der Waals surface area contributed by atoms with Gasteiger partial charge in [0, 0.05) is 7.05 Å². The molecule has 2 rings (SSSR count). The molecule has 1 amide bonds. The molecule has 1 aromatic rings. The van der Waals surface area contributed by atoms with Crippen LogP contribution in [0.5, 0.6) is 0 Å². The van der Waals surface area contributed by atoms with Crippen LogP contribution in [0.4, 0.5) is 4.39 Å². The lowest BCUT2D eigenvalue weighted by Gasteiger charge is -2.29. The molecule has 0 aromatic heterocycles. The van der Waals surface area contributed by atoms with Crippen LogP contribution < -0.4 is 5.32 Å². The molecule has 170 valence electrons. The average Bonchev–Trinajstić information content (AvgIpc) is 2.79. The second-order valence-corrected chi connectivity index (χ2v) is 8.12. The summed E-state index contributed by atoms with van der Waals surface area (Å²) in [6.45, 7) is 12.5. The molecule has 4 heteroatoms. The summed E-state index contributed by atoms with van der Waals surface area (Å²) in [5.41, 5.74) is 2.78. The van der Waals surface area contributed by atoms with E-state index in [1.807, 2.05) is 12.1 Å². The zero-order valence-electron chi connectivity index (χ0n) is 19.1. The smallest absolute Gasteiger partial charge is 0.243 e. The fraction of sp³-hybridized carbons (Fsp3) is 0.444. The van der Waals surface area contributed by atoms with Crippen molar-refractivity contribution >= 4 is 11.5 Å². The highest BCUT2D eigenvalue weighted by Crippen LogP contribution is 2.38. The van der Waals surface area contributed by atoms with Gasteiger partial charge < -0.3 is 10.4 Å². The van der Waals surface area contributed by atoms with Gasteiger partial charge in [-0.3, -0.25) is 4.79 Å². The minimum Gasteiger partial charge on any atom is -0.506 e. The van der Waals surface area contributed by atoms with Crippen LogP contribution in [-0.4, -0.2) is 18.1 Å². The summed E-state index contributed by atoms with van der Waals surface area (Å²) in [5, 5.41) is 11.4. The van der Waals surface area contributed by atoms with Crippen molar-refractivity contribution in [3.8, 4) is 0 Å². The molecule has 1 aliphatic carbocycles. The summed E-state index contributed by atoms with van der Waals surface area (Å²) < 4.78 is 13.4. The van der Waals surface area contributed by atoms with E-state index in [1.165, 1.54) is 69.1 Å². The Labute approximate surface area is 187 Å². The van der Waals surface area contributed by atoms with Gasteiger partial charge in [-0.2, -0.15) is 0 Å². The minimum atomic E-state index is -0.740. The first kappa shape index (κ1) is 26.4. The highest BCUT2D eigenvalue weighted by Gasteiger charge is 2.22. The third kappa shape index (κ3) is 9.82. The number of allylic oxidation sites excluding steroid dienone is 3. The van der Waals surface area contributed by atoms with Crippen molar-refractivity contribution in [3.05, 3.63) is 78.9 Å². The molecule has 1 aromatic carbocycles. The van der Waals surface area contributed by atoms with Crippen molar-refractivity contribution in [2.24, 2.45) is 5.92 Å². The summed E-state index contributed by atoms with van der Waals surface area (Å²) in [7, 11) is 1.56. The van der Waals surface area contributed by atoms with Gasteiger partial charge in [0.15, 0.2) is 5.83 Å². The lowest BCUT2D eigenvalue weighted by Crippen LogP contribution is -2.13. The predicted octanol–water partition coefficient (Wildman–Crippen LogP) is 7.40. The van der Waals surface area contributed by atoms with Crippen molar-refractivity contribution in [1.82, 2.24) is 5.32 Å². The normalized spacial score (nSPS) is 18.4. The fourth-order valence-electron chi connectivity index (χ4n) is 3.86. The van der Waals surface area contributed by atoms with Gasteiger partial charge in [0.2, 0.25) is 5.91 Å². The molecule has 0 heterocycles. The van der Waals surface area contributed by atoms with Crippen LogP contribution in [0.1, 0.15) is 75.3 Å². The third-order valence-electron chi connectivity index (χ3n) is 5.82. The fourth-order valence-corrected chi connectivity index (χ4v) is 3.86. The van der Waals surface area contributed by atoms with Gasteiger partial charge in [-0.15, -0.1) is 0 Å². The number of aliphatic hydroxyl groups is 1. The number of unbranched alkanes of at least 4 members (excludes halogenated alkanes) is 2. The molecule has 0 saturated heterocycles. The summed E-state index contributed by atoms with van der Waals surface area (Å²) >= 11 is 0. The summed E-state index contributed by atoms with van der Waals surface area (Å²) in [5.74, 6) is 0.120. The molecular weight excluding hydrogens is 389 g/mol. The Morgan fingerprint density at radius 3 is 2.23 bits per heavy atom. The van der Waals surface area contributed by atoms with Gasteiger partial charge >= 0.3 is 0 Å². The molecular formula is C27H38FNO2. The molecule has 0 atom stereocenters. The zero-order valence-corrected chi connectivity index (χ0v) is 19.1. The molecule has 1 saturated carbocycles. The first-order chi connectivity index (χ1) is 14.8. The van der Waals surface area contributed by atoms with Crippen LogP contribution in [0.25, 0.3) is 5.57 Å². The Balaban J connectivity index is 0.000000703. The molecule has 2 N–H and O–H groups in total. The third-order valence-corrected chi connectivity index (χ3v) is 5.82. The Bertz CT molecular complexity index is 756. The molecule has 3 nitrogen and oxygen atoms in total. The van der Waals surface area contributed by atoms with Gasteiger partial charge in [-0.1, -0.05) is 76.6 Å². The van der Waals surface area contributed by atoms with Crippen molar-refractivity contribution in [2.75, 3.05) is 7.05 Å². The monoisotopic (exact) mass is 427 g/mol. The summed E-state index contributed by atoms with van der Waals surface area (Å²) in [6, 6.07) is 8.27. The number of amides is 1. The van der Waals surface area contributed by atoms with Crippen LogP contribution in [0, 0.1) is 5.92 Å². The first-order valence-electron chi connectivity index (χ1n) is 11.2. The molecule has 31 heavy (non-hydrogen) atoms. The number of aliphatic hydroxyl groups excluding tert-OH is 1. The number of benzene rings is 1. The maximum atomic E-state index is 13.4. The molecule has 1 fully saturated rings. The topological polar surface area (TPSA) is 49.3 Å². The quantitative estimate of drug-likeness (QED) is 0.187. The molecule has 0 unspecified atom stereocenters.